The third kappa shape index (κ3) is 2.99. The van der Waals surface area contributed by atoms with E-state index >= 15 is 0 Å². The Kier molecular flexibility index (Phi) is 4.27. The molecule has 0 aliphatic carbocycles. The predicted molar refractivity (Wildman–Crippen MR) is 89.7 cm³/mol. The average Bonchev–Trinajstić information content (AvgIpc) is 3.10. The van der Waals surface area contributed by atoms with Crippen molar-refractivity contribution in [2.24, 2.45) is 0 Å². The van der Waals surface area contributed by atoms with E-state index in [1.165, 1.54) is 22.2 Å². The van der Waals surface area contributed by atoms with Gasteiger partial charge in [0.25, 0.3) is 0 Å². The Bertz CT molecular complexity index is 561. The standard InChI is InChI=1S/C15H18BrN3S/c1-11(15-13(16)6-9-20-15)18-12-4-5-14(17-10-12)19-7-2-3-8-19/h4-6,9-11,18H,2-3,7-8H2,1H3. The van der Waals surface area contributed by atoms with E-state index in [9.17, 15) is 0 Å². The minimum atomic E-state index is 0.281. The quantitative estimate of drug-likeness (QED) is 0.866. The molecule has 1 aliphatic heterocycles. The highest BCUT2D eigenvalue weighted by Crippen LogP contribution is 2.31. The van der Waals surface area contributed by atoms with Crippen molar-refractivity contribution >= 4 is 38.8 Å². The number of nitrogens with zero attached hydrogens (tertiary/aromatic N) is 2. The van der Waals surface area contributed by atoms with E-state index in [4.69, 9.17) is 0 Å². The Morgan fingerprint density at radius 1 is 1.30 bits per heavy atom. The molecule has 0 spiro atoms. The van der Waals surface area contributed by atoms with Gasteiger partial charge >= 0.3 is 0 Å². The number of hydrogen-bond donors (Lipinski definition) is 1. The van der Waals surface area contributed by atoms with Crippen LogP contribution in [0.3, 0.4) is 0 Å². The highest BCUT2D eigenvalue weighted by molar-refractivity contribution is 9.10. The molecule has 0 aromatic carbocycles. The molecule has 1 atom stereocenters. The van der Waals surface area contributed by atoms with Crippen LogP contribution in [-0.4, -0.2) is 18.1 Å². The first-order valence-corrected chi connectivity index (χ1v) is 8.62. The highest BCUT2D eigenvalue weighted by atomic mass is 79.9. The molecule has 0 saturated carbocycles. The topological polar surface area (TPSA) is 28.2 Å². The fourth-order valence-corrected chi connectivity index (χ4v) is 4.26. The molecule has 1 N–H and O–H groups in total. The fourth-order valence-electron chi connectivity index (χ4n) is 2.53. The summed E-state index contributed by atoms with van der Waals surface area (Å²) in [6.07, 6.45) is 4.50. The summed E-state index contributed by atoms with van der Waals surface area (Å²) in [5.74, 6) is 1.10. The van der Waals surface area contributed by atoms with E-state index in [1.807, 2.05) is 6.20 Å². The lowest BCUT2D eigenvalue weighted by atomic mass is 10.2. The van der Waals surface area contributed by atoms with E-state index in [1.54, 1.807) is 11.3 Å². The average molecular weight is 352 g/mol. The number of halogens is 1. The van der Waals surface area contributed by atoms with Crippen molar-refractivity contribution in [2.45, 2.75) is 25.8 Å². The largest absolute Gasteiger partial charge is 0.376 e. The van der Waals surface area contributed by atoms with Gasteiger partial charge in [-0.05, 0) is 59.3 Å². The Balaban J connectivity index is 1.67. The Morgan fingerprint density at radius 2 is 2.10 bits per heavy atom. The van der Waals surface area contributed by atoms with Crippen LogP contribution >= 0.6 is 27.3 Å². The van der Waals surface area contributed by atoms with Gasteiger partial charge in [0.1, 0.15) is 5.82 Å². The number of thiophene rings is 1. The van der Waals surface area contributed by atoms with Crippen LogP contribution < -0.4 is 10.2 Å². The number of nitrogens with one attached hydrogen (secondary N) is 1. The Labute approximate surface area is 132 Å². The number of pyridine rings is 1. The Morgan fingerprint density at radius 3 is 2.70 bits per heavy atom. The summed E-state index contributed by atoms with van der Waals surface area (Å²) >= 11 is 5.35. The molecular weight excluding hydrogens is 334 g/mol. The van der Waals surface area contributed by atoms with Gasteiger partial charge in [-0.25, -0.2) is 4.98 Å². The molecular formula is C15H18BrN3S. The van der Waals surface area contributed by atoms with Gasteiger partial charge in [-0.1, -0.05) is 0 Å². The molecule has 1 unspecified atom stereocenters. The molecule has 0 bridgehead atoms. The molecule has 106 valence electrons. The normalized spacial score (nSPS) is 16.4. The molecule has 2 aromatic rings. The van der Waals surface area contributed by atoms with Gasteiger partial charge < -0.3 is 10.2 Å². The van der Waals surface area contributed by atoms with Crippen LogP contribution in [0.2, 0.25) is 0 Å². The Hall–Kier alpha value is -1.07. The zero-order chi connectivity index (χ0) is 13.9. The summed E-state index contributed by atoms with van der Waals surface area (Å²) < 4.78 is 1.17. The molecule has 0 radical (unpaired) electrons. The van der Waals surface area contributed by atoms with E-state index in [2.05, 4.69) is 61.6 Å². The fraction of sp³-hybridized carbons (Fsp3) is 0.400. The lowest BCUT2D eigenvalue weighted by Crippen LogP contribution is -2.18. The third-order valence-electron chi connectivity index (χ3n) is 3.60. The van der Waals surface area contributed by atoms with Crippen LogP contribution in [0.25, 0.3) is 0 Å². The minimum Gasteiger partial charge on any atom is -0.376 e. The molecule has 2 aromatic heterocycles. The molecule has 1 saturated heterocycles. The summed E-state index contributed by atoms with van der Waals surface area (Å²) in [6, 6.07) is 6.61. The SMILES string of the molecule is CC(Nc1ccc(N2CCCC2)nc1)c1sccc1Br. The van der Waals surface area contributed by atoms with Crippen molar-refractivity contribution in [1.29, 1.82) is 0 Å². The molecule has 5 heteroatoms. The van der Waals surface area contributed by atoms with Crippen LogP contribution in [-0.2, 0) is 0 Å². The molecule has 3 rings (SSSR count). The van der Waals surface area contributed by atoms with Crippen LogP contribution in [0.4, 0.5) is 11.5 Å². The van der Waals surface area contributed by atoms with E-state index in [-0.39, 0.29) is 6.04 Å². The van der Waals surface area contributed by atoms with Gasteiger partial charge in [0.05, 0.1) is 17.9 Å². The predicted octanol–water partition coefficient (Wildman–Crippen LogP) is 4.68. The molecule has 0 amide bonds. The summed E-state index contributed by atoms with van der Waals surface area (Å²) in [4.78, 5) is 8.24. The van der Waals surface area contributed by atoms with Crippen molar-refractivity contribution in [3.05, 3.63) is 39.1 Å². The number of anilines is 2. The van der Waals surface area contributed by atoms with Gasteiger partial charge in [-0.3, -0.25) is 0 Å². The van der Waals surface area contributed by atoms with Crippen LogP contribution in [0.1, 0.15) is 30.7 Å². The first-order valence-electron chi connectivity index (χ1n) is 6.94. The molecule has 1 aliphatic rings. The monoisotopic (exact) mass is 351 g/mol. The van der Waals surface area contributed by atoms with Crippen molar-refractivity contribution < 1.29 is 0 Å². The lowest BCUT2D eigenvalue weighted by Gasteiger charge is -2.18. The molecule has 20 heavy (non-hydrogen) atoms. The zero-order valence-electron chi connectivity index (χ0n) is 11.5. The summed E-state index contributed by atoms with van der Waals surface area (Å²) in [7, 11) is 0. The van der Waals surface area contributed by atoms with Crippen molar-refractivity contribution in [2.75, 3.05) is 23.3 Å². The van der Waals surface area contributed by atoms with Crippen LogP contribution in [0.5, 0.6) is 0 Å². The van der Waals surface area contributed by atoms with Gasteiger partial charge in [-0.15, -0.1) is 11.3 Å². The van der Waals surface area contributed by atoms with E-state index < -0.39 is 0 Å². The smallest absolute Gasteiger partial charge is 0.128 e. The maximum absolute atomic E-state index is 4.57. The van der Waals surface area contributed by atoms with E-state index in [0.29, 0.717) is 0 Å². The number of rotatable bonds is 4. The maximum Gasteiger partial charge on any atom is 0.128 e. The first-order chi connectivity index (χ1) is 9.74. The summed E-state index contributed by atoms with van der Waals surface area (Å²) in [5.41, 5.74) is 1.07. The lowest BCUT2D eigenvalue weighted by molar-refractivity contribution is 0.896. The van der Waals surface area contributed by atoms with Crippen LogP contribution in [0, 0.1) is 0 Å². The highest BCUT2D eigenvalue weighted by Gasteiger charge is 2.14. The summed E-state index contributed by atoms with van der Waals surface area (Å²) in [6.45, 7) is 4.45. The molecule has 3 nitrogen and oxygen atoms in total. The van der Waals surface area contributed by atoms with Gasteiger partial charge in [0.15, 0.2) is 0 Å². The number of aromatic nitrogens is 1. The molecule has 1 fully saturated rings. The van der Waals surface area contributed by atoms with Crippen molar-refractivity contribution in [1.82, 2.24) is 4.98 Å². The molecule has 3 heterocycles. The second-order valence-corrected chi connectivity index (χ2v) is 6.90. The van der Waals surface area contributed by atoms with Gasteiger partial charge in [-0.2, -0.15) is 0 Å². The van der Waals surface area contributed by atoms with Crippen molar-refractivity contribution in [3.8, 4) is 0 Å². The van der Waals surface area contributed by atoms with E-state index in [0.717, 1.165) is 24.6 Å². The first kappa shape index (κ1) is 13.9. The van der Waals surface area contributed by atoms with Gasteiger partial charge in [0.2, 0.25) is 0 Å². The van der Waals surface area contributed by atoms with Crippen LogP contribution in [0.15, 0.2) is 34.2 Å². The third-order valence-corrected chi connectivity index (χ3v) is 5.65. The van der Waals surface area contributed by atoms with Gasteiger partial charge in [0, 0.05) is 22.4 Å². The maximum atomic E-state index is 4.57. The van der Waals surface area contributed by atoms with Crippen molar-refractivity contribution in [3.63, 3.8) is 0 Å². The second kappa shape index (κ2) is 6.14. The number of hydrogen-bond acceptors (Lipinski definition) is 4. The zero-order valence-corrected chi connectivity index (χ0v) is 13.9. The second-order valence-electron chi connectivity index (χ2n) is 5.10. The minimum absolute atomic E-state index is 0.281. The summed E-state index contributed by atoms with van der Waals surface area (Å²) in [5, 5.41) is 5.61.